The van der Waals surface area contributed by atoms with Crippen molar-refractivity contribution in [3.05, 3.63) is 71.8 Å². The van der Waals surface area contributed by atoms with Gasteiger partial charge in [-0.15, -0.1) is 0 Å². The molecule has 3 heteroatoms. The molecule has 104 valence electrons. The van der Waals surface area contributed by atoms with Crippen molar-refractivity contribution in [2.75, 3.05) is 6.61 Å². The van der Waals surface area contributed by atoms with Gasteiger partial charge in [0.2, 0.25) is 5.60 Å². The highest BCUT2D eigenvalue weighted by Gasteiger charge is 2.43. The summed E-state index contributed by atoms with van der Waals surface area (Å²) in [5.74, 6) is -1.18. The van der Waals surface area contributed by atoms with Crippen molar-refractivity contribution in [3.8, 4) is 0 Å². The Morgan fingerprint density at radius 3 is 2.00 bits per heavy atom. The summed E-state index contributed by atoms with van der Waals surface area (Å²) >= 11 is 0. The first-order valence-electron chi connectivity index (χ1n) is 7.85. The molecule has 1 N–H and O–H groups in total. The Balaban J connectivity index is 2.46. The van der Waals surface area contributed by atoms with E-state index >= 15 is 0 Å². The zero-order valence-electron chi connectivity index (χ0n) is 14.0. The molecular formula is C17H18O3. The lowest BCUT2D eigenvalue weighted by atomic mass is 9.86. The predicted molar refractivity (Wildman–Crippen MR) is 77.5 cm³/mol. The van der Waals surface area contributed by atoms with Crippen LogP contribution in [0.1, 0.15) is 28.5 Å². The topological polar surface area (TPSA) is 46.5 Å². The molecule has 0 spiro atoms. The molecule has 0 radical (unpaired) electrons. The Labute approximate surface area is 123 Å². The molecule has 20 heavy (non-hydrogen) atoms. The minimum atomic E-state index is -2.17. The molecular weight excluding hydrogens is 252 g/mol. The van der Waals surface area contributed by atoms with E-state index in [1.807, 2.05) is 0 Å². The van der Waals surface area contributed by atoms with E-state index in [1.165, 1.54) is 0 Å². The van der Waals surface area contributed by atoms with Crippen LogP contribution in [0.15, 0.2) is 60.7 Å². The van der Waals surface area contributed by atoms with E-state index in [0.717, 1.165) is 0 Å². The summed E-state index contributed by atoms with van der Waals surface area (Å²) in [5, 5.41) is 9.89. The van der Waals surface area contributed by atoms with E-state index < -0.39 is 18.4 Å². The average Bonchev–Trinajstić information content (AvgIpc) is 2.52. The Bertz CT molecular complexity index is 600. The maximum Gasteiger partial charge on any atom is 0.345 e. The summed E-state index contributed by atoms with van der Waals surface area (Å²) < 4.78 is 27.5. The van der Waals surface area contributed by atoms with E-state index in [-0.39, 0.29) is 13.0 Å². The van der Waals surface area contributed by atoms with Crippen molar-refractivity contribution in [3.63, 3.8) is 0 Å². The Hall–Kier alpha value is -2.13. The molecule has 0 aromatic heterocycles. The van der Waals surface area contributed by atoms with Crippen LogP contribution < -0.4 is 0 Å². The van der Waals surface area contributed by atoms with E-state index in [1.54, 1.807) is 60.7 Å². The Kier molecular flexibility index (Phi) is 3.38. The molecule has 0 fully saturated rings. The highest BCUT2D eigenvalue weighted by Crippen LogP contribution is 2.34. The summed E-state index contributed by atoms with van der Waals surface area (Å²) in [4.78, 5) is 12.1. The number of carbonyl (C=O) groups is 1. The quantitative estimate of drug-likeness (QED) is 0.877. The standard InChI is InChI=1S/C17H18O3/c1-2-13-20-17(16(18)19,14-9-5-3-6-10-14)15-11-7-4-8-12-15/h3-12H,2,13H2,1H3,(H,18,19)/i1D3. The third-order valence-corrected chi connectivity index (χ3v) is 3.08. The summed E-state index contributed by atoms with van der Waals surface area (Å²) in [6, 6.07) is 17.1. The van der Waals surface area contributed by atoms with Gasteiger partial charge in [0.15, 0.2) is 0 Å². The number of aliphatic carboxylic acids is 1. The largest absolute Gasteiger partial charge is 0.479 e. The first kappa shape index (κ1) is 10.6. The molecule has 0 saturated carbocycles. The molecule has 0 heterocycles. The van der Waals surface area contributed by atoms with Gasteiger partial charge in [0.05, 0.1) is 0 Å². The second-order valence-corrected chi connectivity index (χ2v) is 4.32. The fourth-order valence-corrected chi connectivity index (χ4v) is 2.19. The monoisotopic (exact) mass is 273 g/mol. The van der Waals surface area contributed by atoms with Crippen LogP contribution >= 0.6 is 0 Å². The van der Waals surface area contributed by atoms with Crippen LogP contribution in [-0.2, 0) is 15.1 Å². The van der Waals surface area contributed by atoms with Gasteiger partial charge < -0.3 is 9.84 Å². The van der Waals surface area contributed by atoms with Crippen LogP contribution in [0.5, 0.6) is 0 Å². The van der Waals surface area contributed by atoms with E-state index in [4.69, 9.17) is 8.85 Å². The number of carboxylic acids is 1. The van der Waals surface area contributed by atoms with Crippen LogP contribution in [-0.4, -0.2) is 17.7 Å². The third kappa shape index (κ3) is 2.58. The lowest BCUT2D eigenvalue weighted by molar-refractivity contribution is -0.161. The average molecular weight is 273 g/mol. The van der Waals surface area contributed by atoms with E-state index in [2.05, 4.69) is 0 Å². The first-order valence-corrected chi connectivity index (χ1v) is 6.35. The van der Waals surface area contributed by atoms with Crippen LogP contribution in [0.3, 0.4) is 0 Å². The first-order chi connectivity index (χ1) is 10.9. The minimum absolute atomic E-state index is 0.188. The second kappa shape index (κ2) is 6.35. The lowest BCUT2D eigenvalue weighted by Gasteiger charge is -2.30. The summed E-state index contributed by atoms with van der Waals surface area (Å²) in [5.41, 5.74) is -0.832. The number of ether oxygens (including phenoxy) is 1. The van der Waals surface area contributed by atoms with Crippen LogP contribution in [0.4, 0.5) is 0 Å². The molecule has 0 amide bonds. The summed E-state index contributed by atoms with van der Waals surface area (Å²) in [6.07, 6.45) is -0.221. The van der Waals surface area contributed by atoms with Crippen molar-refractivity contribution in [1.82, 2.24) is 0 Å². The Morgan fingerprint density at radius 2 is 1.60 bits per heavy atom. The molecule has 0 aliphatic heterocycles. The van der Waals surface area contributed by atoms with Crippen molar-refractivity contribution >= 4 is 5.97 Å². The van der Waals surface area contributed by atoms with Gasteiger partial charge in [-0.3, -0.25) is 0 Å². The molecule has 0 atom stereocenters. The molecule has 2 aromatic rings. The number of carboxylic acid groups (broad SMARTS) is 1. The van der Waals surface area contributed by atoms with Crippen LogP contribution in [0.2, 0.25) is 0 Å². The van der Waals surface area contributed by atoms with E-state index in [9.17, 15) is 9.90 Å². The maximum absolute atomic E-state index is 12.1. The second-order valence-electron chi connectivity index (χ2n) is 4.32. The van der Waals surface area contributed by atoms with Gasteiger partial charge in [-0.2, -0.15) is 0 Å². The van der Waals surface area contributed by atoms with Gasteiger partial charge in [-0.05, 0) is 17.5 Å². The Morgan fingerprint density at radius 1 is 1.10 bits per heavy atom. The SMILES string of the molecule is [2H]C([2H])([2H])CCOC(C(=O)O)(c1ccccc1)c1ccccc1. The van der Waals surface area contributed by atoms with Gasteiger partial charge in [-0.1, -0.05) is 67.5 Å². The fourth-order valence-electron chi connectivity index (χ4n) is 2.19. The number of hydrogen-bond donors (Lipinski definition) is 1. The van der Waals surface area contributed by atoms with Crippen molar-refractivity contribution in [2.45, 2.75) is 18.9 Å². The van der Waals surface area contributed by atoms with Gasteiger partial charge in [0.1, 0.15) is 0 Å². The van der Waals surface area contributed by atoms with Crippen molar-refractivity contribution < 1.29 is 18.8 Å². The highest BCUT2D eigenvalue weighted by molar-refractivity contribution is 5.84. The van der Waals surface area contributed by atoms with Crippen molar-refractivity contribution in [2.24, 2.45) is 0 Å². The summed E-state index contributed by atoms with van der Waals surface area (Å²) in [7, 11) is 0. The lowest BCUT2D eigenvalue weighted by Crippen LogP contribution is -2.40. The van der Waals surface area contributed by atoms with Crippen molar-refractivity contribution in [1.29, 1.82) is 0 Å². The van der Waals surface area contributed by atoms with E-state index in [0.29, 0.717) is 11.1 Å². The number of benzene rings is 2. The zero-order valence-corrected chi connectivity index (χ0v) is 11.0. The molecule has 2 aromatic carbocycles. The minimum Gasteiger partial charge on any atom is -0.479 e. The molecule has 0 aliphatic carbocycles. The molecule has 0 unspecified atom stereocenters. The third-order valence-electron chi connectivity index (χ3n) is 3.08. The molecule has 0 bridgehead atoms. The predicted octanol–water partition coefficient (Wildman–Crippen LogP) is 3.44. The normalized spacial score (nSPS) is 14.1. The van der Waals surface area contributed by atoms with Gasteiger partial charge >= 0.3 is 5.97 Å². The van der Waals surface area contributed by atoms with Crippen LogP contribution in [0.25, 0.3) is 0 Å². The molecule has 0 aliphatic rings. The highest BCUT2D eigenvalue weighted by atomic mass is 16.5. The number of rotatable bonds is 6. The fraction of sp³-hybridized carbons (Fsp3) is 0.235. The summed E-state index contributed by atoms with van der Waals surface area (Å²) in [6.45, 7) is -2.36. The smallest absolute Gasteiger partial charge is 0.345 e. The van der Waals surface area contributed by atoms with Gasteiger partial charge in [0, 0.05) is 10.7 Å². The molecule has 2 rings (SSSR count). The van der Waals surface area contributed by atoms with Gasteiger partial charge in [0.25, 0.3) is 0 Å². The van der Waals surface area contributed by atoms with Gasteiger partial charge in [-0.25, -0.2) is 4.79 Å². The number of hydrogen-bond acceptors (Lipinski definition) is 2. The molecule has 0 saturated heterocycles. The zero-order chi connectivity index (χ0) is 16.9. The maximum atomic E-state index is 12.1. The van der Waals surface area contributed by atoms with Crippen LogP contribution in [0, 0.1) is 0 Å². The molecule has 3 nitrogen and oxygen atoms in total.